The Kier molecular flexibility index (Phi) is 5.46. The van der Waals surface area contributed by atoms with Crippen LogP contribution in [0.5, 0.6) is 0 Å². The van der Waals surface area contributed by atoms with E-state index in [-0.39, 0.29) is 30.0 Å². The molecule has 8 atom stereocenters. The van der Waals surface area contributed by atoms with E-state index in [0.717, 1.165) is 19.3 Å². The van der Waals surface area contributed by atoms with Gasteiger partial charge in [0.25, 0.3) is 0 Å². The quantitative estimate of drug-likeness (QED) is 0.716. The van der Waals surface area contributed by atoms with Gasteiger partial charge in [0.1, 0.15) is 5.60 Å². The van der Waals surface area contributed by atoms with E-state index in [1.807, 2.05) is 20.8 Å². The number of esters is 1. The van der Waals surface area contributed by atoms with E-state index in [0.29, 0.717) is 31.1 Å². The Morgan fingerprint density at radius 3 is 2.41 bits per heavy atom. The normalized spacial score (nSPS) is 50.5. The molecule has 1 aliphatic carbocycles. The molecule has 2 bridgehead atoms. The summed E-state index contributed by atoms with van der Waals surface area (Å²) in [5, 5.41) is 22.3. The van der Waals surface area contributed by atoms with Gasteiger partial charge in [0.05, 0.1) is 23.4 Å². The molecule has 1 saturated carbocycles. The third-order valence-electron chi connectivity index (χ3n) is 7.55. The molecule has 0 aromatic heterocycles. The maximum absolute atomic E-state index is 11.9. The summed E-state index contributed by atoms with van der Waals surface area (Å²) in [4.78, 5) is 11.9. The van der Waals surface area contributed by atoms with Crippen molar-refractivity contribution in [2.45, 2.75) is 109 Å². The molecule has 27 heavy (non-hydrogen) atoms. The molecule has 0 amide bonds. The van der Waals surface area contributed by atoms with Gasteiger partial charge < -0.3 is 19.7 Å². The van der Waals surface area contributed by atoms with Crippen molar-refractivity contribution in [3.05, 3.63) is 0 Å². The highest BCUT2D eigenvalue weighted by molar-refractivity contribution is 5.66. The van der Waals surface area contributed by atoms with Crippen LogP contribution in [0.4, 0.5) is 0 Å². The number of aliphatic hydroxyl groups is 2. The molecule has 2 N–H and O–H groups in total. The van der Waals surface area contributed by atoms with Gasteiger partial charge in [0.15, 0.2) is 0 Å². The lowest BCUT2D eigenvalue weighted by molar-refractivity contribution is -0.175. The Balaban J connectivity index is 2.08. The van der Waals surface area contributed by atoms with Gasteiger partial charge in [0.2, 0.25) is 0 Å². The third-order valence-corrected chi connectivity index (χ3v) is 7.55. The molecule has 5 nitrogen and oxygen atoms in total. The topological polar surface area (TPSA) is 76.0 Å². The average Bonchev–Trinajstić information content (AvgIpc) is 2.87. The minimum Gasteiger partial charge on any atom is -0.459 e. The summed E-state index contributed by atoms with van der Waals surface area (Å²) in [6.07, 6.45) is 3.80. The summed E-state index contributed by atoms with van der Waals surface area (Å²) < 4.78 is 12.4. The Morgan fingerprint density at radius 1 is 1.15 bits per heavy atom. The molecule has 0 aromatic rings. The Bertz CT molecular complexity index is 569. The zero-order valence-corrected chi connectivity index (χ0v) is 17.8. The number of carbonyl (C=O) groups excluding carboxylic acids is 1. The molecule has 5 heteroatoms. The van der Waals surface area contributed by atoms with Crippen LogP contribution in [0.1, 0.15) is 80.1 Å². The molecular weight excluding hydrogens is 344 g/mol. The smallest absolute Gasteiger partial charge is 0.303 e. The molecule has 3 fully saturated rings. The highest BCUT2D eigenvalue weighted by atomic mass is 16.6. The minimum atomic E-state index is -0.945. The van der Waals surface area contributed by atoms with E-state index in [1.165, 1.54) is 6.92 Å². The van der Waals surface area contributed by atoms with Crippen LogP contribution >= 0.6 is 0 Å². The fraction of sp³-hybridized carbons (Fsp3) is 0.955. The van der Waals surface area contributed by atoms with Crippen molar-refractivity contribution in [1.82, 2.24) is 0 Å². The lowest BCUT2D eigenvalue weighted by Gasteiger charge is -2.50. The molecule has 3 aliphatic rings. The summed E-state index contributed by atoms with van der Waals surface area (Å²) >= 11 is 0. The van der Waals surface area contributed by atoms with Gasteiger partial charge in [-0.3, -0.25) is 4.79 Å². The Morgan fingerprint density at radius 2 is 1.81 bits per heavy atom. The monoisotopic (exact) mass is 382 g/mol. The predicted octanol–water partition coefficient (Wildman–Crippen LogP) is 3.45. The first kappa shape index (κ1) is 21.1. The van der Waals surface area contributed by atoms with Crippen molar-refractivity contribution in [2.75, 3.05) is 0 Å². The fourth-order valence-electron chi connectivity index (χ4n) is 6.37. The van der Waals surface area contributed by atoms with Crippen LogP contribution in [-0.4, -0.2) is 45.2 Å². The molecule has 2 saturated heterocycles. The first-order valence-electron chi connectivity index (χ1n) is 10.7. The number of hydrogen-bond acceptors (Lipinski definition) is 5. The maximum Gasteiger partial charge on any atom is 0.303 e. The van der Waals surface area contributed by atoms with Crippen LogP contribution < -0.4 is 0 Å². The van der Waals surface area contributed by atoms with E-state index < -0.39 is 16.8 Å². The van der Waals surface area contributed by atoms with Crippen LogP contribution in [-0.2, 0) is 14.3 Å². The summed E-state index contributed by atoms with van der Waals surface area (Å²) in [5.74, 6) is 0.709. The van der Waals surface area contributed by atoms with Crippen LogP contribution in [0.15, 0.2) is 0 Å². The number of ether oxygens (including phenoxy) is 2. The van der Waals surface area contributed by atoms with Crippen molar-refractivity contribution >= 4 is 5.97 Å². The lowest BCUT2D eigenvalue weighted by atomic mass is 9.57. The van der Waals surface area contributed by atoms with Gasteiger partial charge >= 0.3 is 5.97 Å². The standard InChI is InChI=1S/C22H38O5/c1-13(2)15-8-11-22(6,27-14(3)23)18-16-12-20(4,24)9-7-10-21(5,25)19(26-16)17(15)18/h13,15-19,24-25H,7-12H2,1-6H3/t15-,16-,17-,18+,19-,20-,21-,22-/m1/s1. The second kappa shape index (κ2) is 7.00. The van der Waals surface area contributed by atoms with E-state index in [2.05, 4.69) is 13.8 Å². The van der Waals surface area contributed by atoms with Gasteiger partial charge in [-0.2, -0.15) is 0 Å². The molecule has 3 rings (SSSR count). The van der Waals surface area contributed by atoms with Crippen LogP contribution in [0.3, 0.4) is 0 Å². The fourth-order valence-corrected chi connectivity index (χ4v) is 6.37. The van der Waals surface area contributed by atoms with Gasteiger partial charge in [-0.1, -0.05) is 13.8 Å². The van der Waals surface area contributed by atoms with Gasteiger partial charge in [0, 0.05) is 25.2 Å². The van der Waals surface area contributed by atoms with Crippen molar-refractivity contribution in [3.63, 3.8) is 0 Å². The van der Waals surface area contributed by atoms with Crippen LogP contribution in [0.25, 0.3) is 0 Å². The van der Waals surface area contributed by atoms with Gasteiger partial charge in [-0.15, -0.1) is 0 Å². The largest absolute Gasteiger partial charge is 0.459 e. The van der Waals surface area contributed by atoms with Gasteiger partial charge in [-0.25, -0.2) is 0 Å². The zero-order chi connectivity index (χ0) is 20.2. The van der Waals surface area contributed by atoms with Crippen molar-refractivity contribution in [3.8, 4) is 0 Å². The Labute approximate surface area is 163 Å². The van der Waals surface area contributed by atoms with Crippen molar-refractivity contribution in [1.29, 1.82) is 0 Å². The first-order chi connectivity index (χ1) is 12.4. The molecule has 0 aromatic carbocycles. The highest BCUT2D eigenvalue weighted by Crippen LogP contribution is 2.57. The summed E-state index contributed by atoms with van der Waals surface area (Å²) in [5.41, 5.74) is -2.40. The number of fused-ring (bicyclic) bond motifs is 5. The molecule has 0 spiro atoms. The summed E-state index contributed by atoms with van der Waals surface area (Å²) in [6.45, 7) is 11.7. The van der Waals surface area contributed by atoms with E-state index in [1.54, 1.807) is 0 Å². The molecular formula is C22H38O5. The van der Waals surface area contributed by atoms with Crippen LogP contribution in [0.2, 0.25) is 0 Å². The Hall–Kier alpha value is -0.650. The maximum atomic E-state index is 11.9. The number of carbonyl (C=O) groups is 1. The average molecular weight is 383 g/mol. The third kappa shape index (κ3) is 3.92. The molecule has 2 heterocycles. The second-order valence-electron chi connectivity index (χ2n) is 10.5. The van der Waals surface area contributed by atoms with Gasteiger partial charge in [-0.05, 0) is 64.7 Å². The van der Waals surface area contributed by atoms with Crippen molar-refractivity contribution in [2.24, 2.45) is 23.7 Å². The first-order valence-corrected chi connectivity index (χ1v) is 10.7. The van der Waals surface area contributed by atoms with E-state index in [9.17, 15) is 15.0 Å². The van der Waals surface area contributed by atoms with E-state index >= 15 is 0 Å². The minimum absolute atomic E-state index is 0.0106. The summed E-state index contributed by atoms with van der Waals surface area (Å²) in [7, 11) is 0. The molecule has 0 radical (unpaired) electrons. The summed E-state index contributed by atoms with van der Waals surface area (Å²) in [6, 6.07) is 0. The zero-order valence-electron chi connectivity index (χ0n) is 17.8. The molecule has 156 valence electrons. The van der Waals surface area contributed by atoms with Crippen molar-refractivity contribution < 1.29 is 24.5 Å². The second-order valence-corrected chi connectivity index (χ2v) is 10.5. The lowest BCUT2D eigenvalue weighted by Crippen LogP contribution is -2.56. The number of hydrogen-bond donors (Lipinski definition) is 2. The molecule has 2 aliphatic heterocycles. The number of rotatable bonds is 2. The van der Waals surface area contributed by atoms with E-state index in [4.69, 9.17) is 9.47 Å². The van der Waals surface area contributed by atoms with Crippen LogP contribution in [0, 0.1) is 23.7 Å². The molecule has 0 unspecified atom stereocenters. The SMILES string of the molecule is CC(=O)O[C@]1(C)CC[C@H](C(C)C)[C@@H]2[C@@H]1[C@H]1C[C@](C)(O)CCC[C@@](C)(O)[C@@H]2O1. The predicted molar refractivity (Wildman–Crippen MR) is 103 cm³/mol. The highest BCUT2D eigenvalue weighted by Gasteiger charge is 2.63.